The molecule has 0 aliphatic rings. The molecular formula is C19H25ClN2O4. The number of aromatic nitrogens is 2. The smallest absolute Gasteiger partial charge is 0.289 e. The normalized spacial score (nSPS) is 11.4. The Balaban J connectivity index is 1.86. The minimum atomic E-state index is -0.447. The summed E-state index contributed by atoms with van der Waals surface area (Å²) in [7, 11) is 1.68. The molecule has 0 radical (unpaired) electrons. The van der Waals surface area contributed by atoms with Crippen molar-refractivity contribution in [2.75, 3.05) is 26.9 Å². The van der Waals surface area contributed by atoms with Gasteiger partial charge in [0.1, 0.15) is 19.0 Å². The predicted molar refractivity (Wildman–Crippen MR) is 102 cm³/mol. The number of hydrogen-bond acceptors (Lipinski definition) is 5. The maximum absolute atomic E-state index is 12.2. The van der Waals surface area contributed by atoms with Gasteiger partial charge in [-0.05, 0) is 44.9 Å². The third kappa shape index (κ3) is 5.47. The van der Waals surface area contributed by atoms with E-state index in [0.29, 0.717) is 13.2 Å². The van der Waals surface area contributed by atoms with Crippen molar-refractivity contribution in [3.05, 3.63) is 51.4 Å². The van der Waals surface area contributed by atoms with Crippen LogP contribution >= 0.6 is 11.6 Å². The molecule has 2 aromatic rings. The van der Waals surface area contributed by atoms with E-state index in [9.17, 15) is 4.79 Å². The van der Waals surface area contributed by atoms with E-state index in [-0.39, 0.29) is 22.9 Å². The van der Waals surface area contributed by atoms with Crippen LogP contribution in [0.5, 0.6) is 11.5 Å². The molecule has 26 heavy (non-hydrogen) atoms. The lowest BCUT2D eigenvalue weighted by Crippen LogP contribution is -2.36. The highest BCUT2D eigenvalue weighted by atomic mass is 35.5. The van der Waals surface area contributed by atoms with Gasteiger partial charge in [-0.1, -0.05) is 23.7 Å². The quantitative estimate of drug-likeness (QED) is 0.657. The maximum atomic E-state index is 12.2. The van der Waals surface area contributed by atoms with Gasteiger partial charge in [0.25, 0.3) is 5.56 Å². The molecule has 0 fully saturated rings. The fourth-order valence-corrected chi connectivity index (χ4v) is 2.46. The highest BCUT2D eigenvalue weighted by Crippen LogP contribution is 2.20. The second-order valence-electron chi connectivity index (χ2n) is 6.79. The largest absolute Gasteiger partial charge is 0.490 e. The molecule has 142 valence electrons. The zero-order chi connectivity index (χ0) is 19.2. The van der Waals surface area contributed by atoms with Gasteiger partial charge in [0.05, 0.1) is 18.3 Å². The molecule has 0 amide bonds. The number of nitrogens with zero attached hydrogens (tertiary/aromatic N) is 2. The van der Waals surface area contributed by atoms with E-state index in [4.69, 9.17) is 25.8 Å². The van der Waals surface area contributed by atoms with E-state index in [1.807, 2.05) is 45.0 Å². The Morgan fingerprint density at radius 3 is 2.35 bits per heavy atom. The van der Waals surface area contributed by atoms with E-state index >= 15 is 0 Å². The Labute approximate surface area is 158 Å². The van der Waals surface area contributed by atoms with E-state index in [0.717, 1.165) is 12.2 Å². The number of rotatable bonds is 8. The summed E-state index contributed by atoms with van der Waals surface area (Å²) < 4.78 is 17.6. The standard InChI is InChI=1S/C19H25ClN2O4/c1-19(2,3)22-18(23)17(20)16(13-21-22)26-12-11-25-15-7-5-14(6-8-15)9-10-24-4/h5-8,13H,9-12H2,1-4H3. The van der Waals surface area contributed by atoms with Gasteiger partial charge in [-0.2, -0.15) is 5.10 Å². The van der Waals surface area contributed by atoms with Crippen molar-refractivity contribution in [1.29, 1.82) is 0 Å². The van der Waals surface area contributed by atoms with Gasteiger partial charge in [-0.25, -0.2) is 4.68 Å². The zero-order valence-corrected chi connectivity index (χ0v) is 16.4. The van der Waals surface area contributed by atoms with Gasteiger partial charge in [-0.15, -0.1) is 0 Å². The monoisotopic (exact) mass is 380 g/mol. The van der Waals surface area contributed by atoms with E-state index in [2.05, 4.69) is 5.10 Å². The first-order valence-corrected chi connectivity index (χ1v) is 8.82. The number of hydrogen-bond donors (Lipinski definition) is 0. The van der Waals surface area contributed by atoms with E-state index in [1.165, 1.54) is 16.4 Å². The third-order valence-corrected chi connectivity index (χ3v) is 4.00. The van der Waals surface area contributed by atoms with Gasteiger partial charge in [0.2, 0.25) is 0 Å². The molecule has 6 nitrogen and oxygen atoms in total. The average Bonchev–Trinajstić information content (AvgIpc) is 2.60. The summed E-state index contributed by atoms with van der Waals surface area (Å²) in [6.07, 6.45) is 2.32. The summed E-state index contributed by atoms with van der Waals surface area (Å²) in [5.74, 6) is 1.01. The molecule has 0 aliphatic carbocycles. The van der Waals surface area contributed by atoms with Crippen molar-refractivity contribution in [2.45, 2.75) is 32.7 Å². The molecule has 1 aromatic heterocycles. The molecule has 0 saturated heterocycles. The zero-order valence-electron chi connectivity index (χ0n) is 15.6. The number of methoxy groups -OCH3 is 1. The minimum Gasteiger partial charge on any atom is -0.490 e. The van der Waals surface area contributed by atoms with Crippen molar-refractivity contribution in [3.8, 4) is 11.5 Å². The molecule has 2 rings (SSSR count). The van der Waals surface area contributed by atoms with E-state index < -0.39 is 5.54 Å². The van der Waals surface area contributed by atoms with Crippen LogP contribution in [0, 0.1) is 0 Å². The summed E-state index contributed by atoms with van der Waals surface area (Å²) in [5.41, 5.74) is 0.370. The molecule has 0 unspecified atom stereocenters. The van der Waals surface area contributed by atoms with Crippen molar-refractivity contribution in [2.24, 2.45) is 0 Å². The molecule has 0 spiro atoms. The van der Waals surface area contributed by atoms with E-state index in [1.54, 1.807) is 7.11 Å². The van der Waals surface area contributed by atoms with Gasteiger partial charge in [0, 0.05) is 7.11 Å². The Bertz CT molecular complexity index is 767. The van der Waals surface area contributed by atoms with Crippen LogP contribution in [0.25, 0.3) is 0 Å². The SMILES string of the molecule is COCCc1ccc(OCCOc2cnn(C(C)(C)C)c(=O)c2Cl)cc1. The van der Waals surface area contributed by atoms with Crippen LogP contribution in [-0.2, 0) is 16.7 Å². The fraction of sp³-hybridized carbons (Fsp3) is 0.474. The molecule has 7 heteroatoms. The lowest BCUT2D eigenvalue weighted by atomic mass is 10.1. The van der Waals surface area contributed by atoms with Crippen LogP contribution in [-0.4, -0.2) is 36.7 Å². The van der Waals surface area contributed by atoms with Gasteiger partial charge in [-0.3, -0.25) is 4.79 Å². The highest BCUT2D eigenvalue weighted by molar-refractivity contribution is 6.31. The van der Waals surface area contributed by atoms with Crippen LogP contribution < -0.4 is 15.0 Å². The Hall–Kier alpha value is -2.05. The van der Waals surface area contributed by atoms with Crippen molar-refractivity contribution >= 4 is 11.6 Å². The first kappa shape index (κ1) is 20.3. The average molecular weight is 381 g/mol. The Kier molecular flexibility index (Phi) is 7.06. The lowest BCUT2D eigenvalue weighted by Gasteiger charge is -2.21. The molecule has 0 aliphatic heterocycles. The first-order chi connectivity index (χ1) is 12.3. The summed E-state index contributed by atoms with van der Waals surface area (Å²) in [6, 6.07) is 7.82. The first-order valence-electron chi connectivity index (χ1n) is 8.44. The summed E-state index contributed by atoms with van der Waals surface area (Å²) in [5, 5.41) is 4.15. The maximum Gasteiger partial charge on any atom is 0.289 e. The molecule has 0 N–H and O–H groups in total. The third-order valence-electron chi connectivity index (χ3n) is 3.65. The molecule has 1 heterocycles. The molecule has 0 bridgehead atoms. The Morgan fingerprint density at radius 1 is 1.08 bits per heavy atom. The van der Waals surface area contributed by atoms with Crippen LogP contribution in [0.1, 0.15) is 26.3 Å². The van der Waals surface area contributed by atoms with Crippen LogP contribution in [0.15, 0.2) is 35.3 Å². The topological polar surface area (TPSA) is 62.6 Å². The van der Waals surface area contributed by atoms with Crippen molar-refractivity contribution < 1.29 is 14.2 Å². The number of benzene rings is 1. The lowest BCUT2D eigenvalue weighted by molar-refractivity contribution is 0.202. The minimum absolute atomic E-state index is 0.0254. The molecular weight excluding hydrogens is 356 g/mol. The summed E-state index contributed by atoms with van der Waals surface area (Å²) >= 11 is 6.11. The summed E-state index contributed by atoms with van der Waals surface area (Å²) in [4.78, 5) is 12.2. The van der Waals surface area contributed by atoms with Crippen LogP contribution in [0.4, 0.5) is 0 Å². The summed E-state index contributed by atoms with van der Waals surface area (Å²) in [6.45, 7) is 6.92. The second kappa shape index (κ2) is 9.05. The molecule has 0 atom stereocenters. The Morgan fingerprint density at radius 2 is 1.73 bits per heavy atom. The fourth-order valence-electron chi connectivity index (χ4n) is 2.28. The molecule has 1 aromatic carbocycles. The predicted octanol–water partition coefficient (Wildman–Crippen LogP) is 3.30. The van der Waals surface area contributed by atoms with Gasteiger partial charge >= 0.3 is 0 Å². The van der Waals surface area contributed by atoms with Crippen molar-refractivity contribution in [3.63, 3.8) is 0 Å². The number of ether oxygens (including phenoxy) is 3. The molecule has 0 saturated carbocycles. The second-order valence-corrected chi connectivity index (χ2v) is 7.17. The van der Waals surface area contributed by atoms with Crippen LogP contribution in [0.3, 0.4) is 0 Å². The van der Waals surface area contributed by atoms with Gasteiger partial charge in [0.15, 0.2) is 10.8 Å². The van der Waals surface area contributed by atoms with Gasteiger partial charge < -0.3 is 14.2 Å². The number of halogens is 1. The van der Waals surface area contributed by atoms with Crippen LogP contribution in [0.2, 0.25) is 5.02 Å². The highest BCUT2D eigenvalue weighted by Gasteiger charge is 2.19. The van der Waals surface area contributed by atoms with Crippen molar-refractivity contribution in [1.82, 2.24) is 9.78 Å².